The first-order valence-electron chi connectivity index (χ1n) is 2.07. The van der Waals surface area contributed by atoms with Gasteiger partial charge in [-0.15, -0.1) is 0 Å². The zero-order valence-corrected chi connectivity index (χ0v) is 6.58. The number of rotatable bonds is 1. The van der Waals surface area contributed by atoms with E-state index in [0.29, 0.717) is 0 Å². The minimum atomic E-state index is 0.229. The summed E-state index contributed by atoms with van der Waals surface area (Å²) >= 11 is 0.229. The van der Waals surface area contributed by atoms with Crippen LogP contribution in [0.4, 0.5) is 0 Å². The summed E-state index contributed by atoms with van der Waals surface area (Å²) in [4.78, 5) is 0. The predicted octanol–water partition coefficient (Wildman–Crippen LogP) is 1.57. The molecule has 0 saturated carbocycles. The average Bonchev–Trinajstić information content (AvgIpc) is 1.38. The van der Waals surface area contributed by atoms with Crippen LogP contribution in [-0.4, -0.2) is 17.4 Å². The van der Waals surface area contributed by atoms with E-state index in [2.05, 4.69) is 19.3 Å². The molecular formula is C4H10Ga. The van der Waals surface area contributed by atoms with Gasteiger partial charge in [0.25, 0.3) is 0 Å². The van der Waals surface area contributed by atoms with Crippen molar-refractivity contribution in [2.45, 2.75) is 23.8 Å². The Labute approximate surface area is 41.7 Å². The van der Waals surface area contributed by atoms with E-state index in [0.717, 1.165) is 4.47 Å². The van der Waals surface area contributed by atoms with Gasteiger partial charge in [-0.3, -0.25) is 0 Å². The maximum atomic E-state index is 2.36. The second kappa shape index (κ2) is 2.85. The van der Waals surface area contributed by atoms with Crippen molar-refractivity contribution in [3.05, 3.63) is 0 Å². The van der Waals surface area contributed by atoms with Crippen LogP contribution in [0.5, 0.6) is 0 Å². The molecule has 0 unspecified atom stereocenters. The van der Waals surface area contributed by atoms with Crippen molar-refractivity contribution in [1.82, 2.24) is 0 Å². The van der Waals surface area contributed by atoms with Crippen molar-refractivity contribution >= 4 is 17.4 Å². The monoisotopic (exact) mass is 127 g/mol. The van der Waals surface area contributed by atoms with Crippen LogP contribution in [0.1, 0.15) is 13.8 Å². The fourth-order valence-electron chi connectivity index (χ4n) is 0. The van der Waals surface area contributed by atoms with Crippen molar-refractivity contribution in [2.75, 3.05) is 0 Å². The molecule has 0 atom stereocenters. The van der Waals surface area contributed by atoms with E-state index >= 15 is 0 Å². The Morgan fingerprint density at radius 1 is 1.40 bits per heavy atom. The third kappa shape index (κ3) is 4.64. The zero-order valence-electron chi connectivity index (χ0n) is 4.15. The van der Waals surface area contributed by atoms with Crippen molar-refractivity contribution in [3.8, 4) is 0 Å². The molecule has 0 saturated heterocycles. The van der Waals surface area contributed by atoms with Gasteiger partial charge in [0.15, 0.2) is 0 Å². The third-order valence-corrected chi connectivity index (χ3v) is 3.46. The van der Waals surface area contributed by atoms with Crippen molar-refractivity contribution in [1.29, 1.82) is 0 Å². The molecule has 0 aliphatic rings. The molecule has 1 heteroatoms. The molecule has 0 aromatic carbocycles. The first-order valence-corrected chi connectivity index (χ1v) is 5.89. The molecule has 0 aromatic heterocycles. The van der Waals surface area contributed by atoms with E-state index in [1.165, 1.54) is 0 Å². The molecule has 0 bridgehead atoms. The average molecular weight is 128 g/mol. The zero-order chi connectivity index (χ0) is 4.28. The summed E-state index contributed by atoms with van der Waals surface area (Å²) in [6.07, 6.45) is 0. The fourth-order valence-corrected chi connectivity index (χ4v) is 0. The van der Waals surface area contributed by atoms with E-state index in [9.17, 15) is 0 Å². The van der Waals surface area contributed by atoms with Gasteiger partial charge in [0.2, 0.25) is 0 Å². The molecule has 0 aliphatic heterocycles. The van der Waals surface area contributed by atoms with Gasteiger partial charge in [0.05, 0.1) is 0 Å². The minimum absolute atomic E-state index is 0.229. The summed E-state index contributed by atoms with van der Waals surface area (Å²) in [6.45, 7) is 4.58. The van der Waals surface area contributed by atoms with Crippen LogP contribution in [0, 0.1) is 0 Å². The second-order valence-corrected chi connectivity index (χ2v) is 5.77. The van der Waals surface area contributed by atoms with E-state index < -0.39 is 0 Å². The molecule has 1 radical (unpaired) electrons. The summed E-state index contributed by atoms with van der Waals surface area (Å²) in [5, 5.41) is 0. The van der Waals surface area contributed by atoms with Gasteiger partial charge in [-0.1, -0.05) is 0 Å². The summed E-state index contributed by atoms with van der Waals surface area (Å²) in [7, 11) is 0. The SMILES string of the molecule is [CH3][Ga][CH](C)C. The fraction of sp³-hybridized carbons (Fsp3) is 1.00. The van der Waals surface area contributed by atoms with E-state index in [1.54, 1.807) is 0 Å². The van der Waals surface area contributed by atoms with Crippen LogP contribution in [0.2, 0.25) is 9.95 Å². The topological polar surface area (TPSA) is 0 Å². The Balaban J connectivity index is 2.54. The van der Waals surface area contributed by atoms with Crippen molar-refractivity contribution in [3.63, 3.8) is 0 Å². The van der Waals surface area contributed by atoms with Crippen LogP contribution >= 0.6 is 0 Å². The van der Waals surface area contributed by atoms with Gasteiger partial charge in [-0.25, -0.2) is 0 Å². The number of hydrogen-bond acceptors (Lipinski definition) is 0. The molecule has 0 spiro atoms. The van der Waals surface area contributed by atoms with Crippen LogP contribution in [0.3, 0.4) is 0 Å². The summed E-state index contributed by atoms with van der Waals surface area (Å²) in [6, 6.07) is 0. The van der Waals surface area contributed by atoms with Gasteiger partial charge in [0.1, 0.15) is 0 Å². The Morgan fingerprint density at radius 3 is 1.60 bits per heavy atom. The summed E-state index contributed by atoms with van der Waals surface area (Å²) in [5.41, 5.74) is 2.36. The molecule has 0 amide bonds. The second-order valence-electron chi connectivity index (χ2n) is 1.58. The number of hydrogen-bond donors (Lipinski definition) is 0. The van der Waals surface area contributed by atoms with Gasteiger partial charge < -0.3 is 0 Å². The molecular weight excluding hydrogens is 118 g/mol. The molecule has 0 aliphatic carbocycles. The molecule has 0 aromatic rings. The quantitative estimate of drug-likeness (QED) is 0.470. The van der Waals surface area contributed by atoms with Crippen molar-refractivity contribution < 1.29 is 0 Å². The van der Waals surface area contributed by atoms with Crippen LogP contribution < -0.4 is 0 Å². The Morgan fingerprint density at radius 2 is 1.60 bits per heavy atom. The van der Waals surface area contributed by atoms with Gasteiger partial charge in [0, 0.05) is 0 Å². The molecule has 5 heavy (non-hydrogen) atoms. The van der Waals surface area contributed by atoms with Gasteiger partial charge >= 0.3 is 41.2 Å². The Kier molecular flexibility index (Phi) is 3.22. The predicted molar refractivity (Wildman–Crippen MR) is 26.7 cm³/mol. The first kappa shape index (κ1) is 5.64. The Bertz CT molecular complexity index is 17.6. The third-order valence-electron chi connectivity index (χ3n) is 0.667. The normalized spacial score (nSPS) is 8.80. The van der Waals surface area contributed by atoms with Crippen LogP contribution in [-0.2, 0) is 0 Å². The van der Waals surface area contributed by atoms with E-state index in [4.69, 9.17) is 0 Å². The first-order chi connectivity index (χ1) is 2.27. The molecule has 0 nitrogen and oxygen atoms in total. The van der Waals surface area contributed by atoms with E-state index in [-0.39, 0.29) is 17.4 Å². The van der Waals surface area contributed by atoms with Crippen LogP contribution in [0.15, 0.2) is 0 Å². The molecule has 29 valence electrons. The van der Waals surface area contributed by atoms with Gasteiger partial charge in [-0.2, -0.15) is 0 Å². The molecule has 0 N–H and O–H groups in total. The molecule has 0 fully saturated rings. The standard InChI is InChI=1S/C3H7.CH3.Ga/c1-3-2;;/h3H,1-2H3;1H3;. The van der Waals surface area contributed by atoms with Gasteiger partial charge in [-0.05, 0) is 0 Å². The molecule has 0 rings (SSSR count). The maximum absolute atomic E-state index is 2.36. The molecule has 0 heterocycles. The Hall–Kier alpha value is 0.636. The van der Waals surface area contributed by atoms with Crippen LogP contribution in [0.25, 0.3) is 0 Å². The van der Waals surface area contributed by atoms with E-state index in [1.807, 2.05) is 0 Å². The summed E-state index contributed by atoms with van der Waals surface area (Å²) in [5.74, 6) is 0. The summed E-state index contributed by atoms with van der Waals surface area (Å²) < 4.78 is 1.04. The van der Waals surface area contributed by atoms with Crippen molar-refractivity contribution in [2.24, 2.45) is 0 Å².